The maximum Gasteiger partial charge on any atom is 0.133 e. The number of halogens is 1. The fourth-order valence-corrected chi connectivity index (χ4v) is 1.85. The fraction of sp³-hybridized carbons (Fsp3) is 0.231. The number of aryl methyl sites for hydroxylation is 1. The summed E-state index contributed by atoms with van der Waals surface area (Å²) < 4.78 is 20.2. The minimum atomic E-state index is -0.657. The van der Waals surface area contributed by atoms with Crippen molar-refractivity contribution in [2.75, 3.05) is 7.11 Å². The van der Waals surface area contributed by atoms with Crippen LogP contribution in [-0.2, 0) is 7.05 Å². The molecule has 2 aromatic rings. The average molecular weight is 245 g/mol. The third kappa shape index (κ3) is 2.05. The van der Waals surface area contributed by atoms with Gasteiger partial charge in [0.2, 0.25) is 0 Å². The Morgan fingerprint density at radius 3 is 2.83 bits per heavy atom. The average Bonchev–Trinajstić information content (AvgIpc) is 2.77. The Morgan fingerprint density at radius 2 is 2.28 bits per heavy atom. The highest BCUT2D eigenvalue weighted by Crippen LogP contribution is 2.31. The van der Waals surface area contributed by atoms with Gasteiger partial charge in [-0.15, -0.1) is 0 Å². The summed E-state index contributed by atoms with van der Waals surface area (Å²) in [6.07, 6.45) is 3.34. The van der Waals surface area contributed by atoms with E-state index < -0.39 is 11.7 Å². The van der Waals surface area contributed by atoms with Gasteiger partial charge in [0.1, 0.15) is 23.3 Å². The molecule has 0 spiro atoms. The molecule has 1 aromatic heterocycles. The van der Waals surface area contributed by atoms with Crippen LogP contribution < -0.4 is 4.74 Å². The molecule has 2 rings (SSSR count). The number of ether oxygens (including phenoxy) is 1. The van der Waals surface area contributed by atoms with E-state index in [1.807, 2.05) is 0 Å². The van der Waals surface area contributed by atoms with Gasteiger partial charge in [0.15, 0.2) is 0 Å². The number of imidazole rings is 1. The van der Waals surface area contributed by atoms with Gasteiger partial charge in [-0.05, 0) is 18.2 Å². The predicted octanol–water partition coefficient (Wildman–Crippen LogP) is 2.22. The van der Waals surface area contributed by atoms with Crippen molar-refractivity contribution in [1.29, 1.82) is 5.26 Å². The van der Waals surface area contributed by atoms with E-state index in [-0.39, 0.29) is 0 Å². The second-order valence-electron chi connectivity index (χ2n) is 3.84. The maximum atomic E-state index is 13.3. The number of rotatable bonds is 3. The lowest BCUT2D eigenvalue weighted by Gasteiger charge is -2.13. The standard InChI is InChI=1S/C13H12FN3O/c1-17-6-5-16-13(17)11(8-15)10-7-9(14)3-4-12(10)18-2/h3-7,11H,1-2H3. The normalized spacial score (nSPS) is 11.9. The quantitative estimate of drug-likeness (QED) is 0.833. The van der Waals surface area contributed by atoms with Crippen molar-refractivity contribution < 1.29 is 9.13 Å². The SMILES string of the molecule is COc1ccc(F)cc1C(C#N)c1nccn1C. The summed E-state index contributed by atoms with van der Waals surface area (Å²) in [7, 11) is 3.28. The molecule has 0 fully saturated rings. The highest BCUT2D eigenvalue weighted by Gasteiger charge is 2.22. The first-order valence-corrected chi connectivity index (χ1v) is 5.37. The molecule has 0 bridgehead atoms. The van der Waals surface area contributed by atoms with E-state index in [1.54, 1.807) is 24.0 Å². The molecule has 5 heteroatoms. The summed E-state index contributed by atoms with van der Waals surface area (Å²) >= 11 is 0. The van der Waals surface area contributed by atoms with E-state index in [4.69, 9.17) is 4.74 Å². The van der Waals surface area contributed by atoms with Crippen molar-refractivity contribution in [3.8, 4) is 11.8 Å². The van der Waals surface area contributed by atoms with Gasteiger partial charge in [-0.25, -0.2) is 9.37 Å². The molecule has 0 saturated heterocycles. The van der Waals surface area contributed by atoms with E-state index in [9.17, 15) is 9.65 Å². The van der Waals surface area contributed by atoms with Crippen LogP contribution in [0.1, 0.15) is 17.3 Å². The second-order valence-corrected chi connectivity index (χ2v) is 3.84. The van der Waals surface area contributed by atoms with Crippen LogP contribution in [0.3, 0.4) is 0 Å². The Hall–Kier alpha value is -2.35. The lowest BCUT2D eigenvalue weighted by Crippen LogP contribution is -2.07. The summed E-state index contributed by atoms with van der Waals surface area (Å²) in [5.41, 5.74) is 0.481. The van der Waals surface area contributed by atoms with Gasteiger partial charge in [0, 0.05) is 25.0 Å². The molecule has 1 unspecified atom stereocenters. The lowest BCUT2D eigenvalue weighted by atomic mass is 9.98. The molecule has 0 aliphatic heterocycles. The summed E-state index contributed by atoms with van der Waals surface area (Å²) in [6.45, 7) is 0. The Morgan fingerprint density at radius 1 is 1.50 bits per heavy atom. The number of hydrogen-bond acceptors (Lipinski definition) is 3. The third-order valence-corrected chi connectivity index (χ3v) is 2.75. The van der Waals surface area contributed by atoms with Gasteiger partial charge in [-0.1, -0.05) is 0 Å². The number of hydrogen-bond donors (Lipinski definition) is 0. The zero-order chi connectivity index (χ0) is 13.1. The molecule has 1 heterocycles. The molecule has 18 heavy (non-hydrogen) atoms. The number of nitrogens with zero attached hydrogens (tertiary/aromatic N) is 3. The molecule has 0 aliphatic carbocycles. The summed E-state index contributed by atoms with van der Waals surface area (Å²) in [6, 6.07) is 6.25. The van der Waals surface area contributed by atoms with Crippen molar-refractivity contribution in [1.82, 2.24) is 9.55 Å². The van der Waals surface area contributed by atoms with Gasteiger partial charge in [0.05, 0.1) is 13.2 Å². The van der Waals surface area contributed by atoms with Crippen LogP contribution in [0, 0.1) is 17.1 Å². The van der Waals surface area contributed by atoms with Crippen LogP contribution >= 0.6 is 0 Å². The number of methoxy groups -OCH3 is 1. The van der Waals surface area contributed by atoms with Gasteiger partial charge in [-0.3, -0.25) is 0 Å². The van der Waals surface area contributed by atoms with Crippen molar-refractivity contribution in [2.45, 2.75) is 5.92 Å². The van der Waals surface area contributed by atoms with Crippen LogP contribution in [0.5, 0.6) is 5.75 Å². The molecular weight excluding hydrogens is 233 g/mol. The van der Waals surface area contributed by atoms with E-state index >= 15 is 0 Å². The topological polar surface area (TPSA) is 50.8 Å². The van der Waals surface area contributed by atoms with E-state index in [2.05, 4.69) is 11.1 Å². The van der Waals surface area contributed by atoms with E-state index in [0.717, 1.165) is 0 Å². The van der Waals surface area contributed by atoms with E-state index in [0.29, 0.717) is 17.1 Å². The molecule has 0 amide bonds. The van der Waals surface area contributed by atoms with Gasteiger partial charge in [-0.2, -0.15) is 5.26 Å². The van der Waals surface area contributed by atoms with Crippen molar-refractivity contribution in [2.24, 2.45) is 7.05 Å². The molecule has 4 nitrogen and oxygen atoms in total. The van der Waals surface area contributed by atoms with Gasteiger partial charge < -0.3 is 9.30 Å². The number of aromatic nitrogens is 2. The van der Waals surface area contributed by atoms with Crippen LogP contribution in [-0.4, -0.2) is 16.7 Å². The Kier molecular flexibility index (Phi) is 3.28. The largest absolute Gasteiger partial charge is 0.496 e. The minimum Gasteiger partial charge on any atom is -0.496 e. The second kappa shape index (κ2) is 4.88. The van der Waals surface area contributed by atoms with Crippen LogP contribution in [0.4, 0.5) is 4.39 Å². The number of benzene rings is 1. The molecule has 0 aliphatic rings. The zero-order valence-corrected chi connectivity index (χ0v) is 10.1. The Balaban J connectivity index is 2.55. The third-order valence-electron chi connectivity index (χ3n) is 2.75. The highest BCUT2D eigenvalue weighted by atomic mass is 19.1. The fourth-order valence-electron chi connectivity index (χ4n) is 1.85. The molecule has 92 valence electrons. The lowest BCUT2D eigenvalue weighted by molar-refractivity contribution is 0.407. The Labute approximate surface area is 104 Å². The van der Waals surface area contributed by atoms with Crippen molar-refractivity contribution in [3.63, 3.8) is 0 Å². The minimum absolute atomic E-state index is 0.403. The molecular formula is C13H12FN3O. The van der Waals surface area contributed by atoms with E-state index in [1.165, 1.54) is 25.3 Å². The Bertz CT molecular complexity index is 601. The predicted molar refractivity (Wildman–Crippen MR) is 63.6 cm³/mol. The first-order chi connectivity index (χ1) is 8.67. The molecule has 1 atom stereocenters. The number of nitriles is 1. The highest BCUT2D eigenvalue weighted by molar-refractivity contribution is 5.43. The monoisotopic (exact) mass is 245 g/mol. The zero-order valence-electron chi connectivity index (χ0n) is 10.1. The summed E-state index contributed by atoms with van der Waals surface area (Å²) in [5.74, 6) is -0.0248. The van der Waals surface area contributed by atoms with Gasteiger partial charge in [0.25, 0.3) is 0 Å². The molecule has 0 radical (unpaired) electrons. The molecule has 1 aromatic carbocycles. The van der Waals surface area contributed by atoms with Gasteiger partial charge >= 0.3 is 0 Å². The first kappa shape index (κ1) is 12.1. The molecule has 0 saturated carbocycles. The summed E-state index contributed by atoms with van der Waals surface area (Å²) in [5, 5.41) is 9.31. The maximum absolute atomic E-state index is 13.3. The van der Waals surface area contributed by atoms with Crippen LogP contribution in [0.25, 0.3) is 0 Å². The smallest absolute Gasteiger partial charge is 0.133 e. The molecule has 0 N–H and O–H groups in total. The van der Waals surface area contributed by atoms with Crippen LogP contribution in [0.15, 0.2) is 30.6 Å². The first-order valence-electron chi connectivity index (χ1n) is 5.37. The van der Waals surface area contributed by atoms with Crippen molar-refractivity contribution >= 4 is 0 Å². The summed E-state index contributed by atoms with van der Waals surface area (Å²) in [4.78, 5) is 4.13. The van der Waals surface area contributed by atoms with Crippen molar-refractivity contribution in [3.05, 3.63) is 47.8 Å². The van der Waals surface area contributed by atoms with Crippen LogP contribution in [0.2, 0.25) is 0 Å².